The molecule has 12 heteroatoms. The van der Waals surface area contributed by atoms with E-state index in [2.05, 4.69) is 15.5 Å². The Hall–Kier alpha value is -3.32. The second kappa shape index (κ2) is 14.2. The first-order valence-corrected chi connectivity index (χ1v) is 17.0. The van der Waals surface area contributed by atoms with Gasteiger partial charge in [0.2, 0.25) is 0 Å². The third-order valence-corrected chi connectivity index (χ3v) is 11.0. The molecule has 0 amide bonds. The lowest BCUT2D eigenvalue weighted by atomic mass is 10.2. The van der Waals surface area contributed by atoms with E-state index in [-0.39, 0.29) is 9.79 Å². The van der Waals surface area contributed by atoms with Crippen molar-refractivity contribution in [2.24, 2.45) is 0 Å². The maximum Gasteiger partial charge on any atom is 0.266 e. The number of nitrogens with zero attached hydrogens (tertiary/aromatic N) is 3. The highest BCUT2D eigenvalue weighted by Crippen LogP contribution is 2.36. The van der Waals surface area contributed by atoms with Crippen LogP contribution in [0.3, 0.4) is 0 Å². The molecule has 0 bridgehead atoms. The fourth-order valence-electron chi connectivity index (χ4n) is 4.91. The van der Waals surface area contributed by atoms with Crippen LogP contribution in [-0.4, -0.2) is 82.3 Å². The predicted octanol–water partition coefficient (Wildman–Crippen LogP) is 4.29. The molecule has 1 aliphatic heterocycles. The highest BCUT2D eigenvalue weighted by atomic mass is 32.2. The molecule has 42 heavy (non-hydrogen) atoms. The minimum atomic E-state index is -4.17. The van der Waals surface area contributed by atoms with Crippen LogP contribution in [0, 0.1) is 0 Å². The molecule has 3 aromatic rings. The normalized spacial score (nSPS) is 14.1. The van der Waals surface area contributed by atoms with E-state index in [4.69, 9.17) is 4.74 Å². The van der Waals surface area contributed by atoms with Crippen LogP contribution in [0.4, 0.5) is 22.7 Å². The third kappa shape index (κ3) is 7.35. The van der Waals surface area contributed by atoms with Crippen LogP contribution >= 0.6 is 0 Å². The molecule has 0 unspecified atom stereocenters. The third-order valence-electron chi connectivity index (χ3n) is 7.38. The van der Waals surface area contributed by atoms with Gasteiger partial charge >= 0.3 is 0 Å². The molecular weight excluding hydrogens is 574 g/mol. The van der Waals surface area contributed by atoms with E-state index >= 15 is 0 Å². The van der Waals surface area contributed by atoms with Gasteiger partial charge in [-0.15, -0.1) is 0 Å². The van der Waals surface area contributed by atoms with Gasteiger partial charge < -0.3 is 20.3 Å². The Morgan fingerprint density at radius 3 is 1.69 bits per heavy atom. The monoisotopic (exact) mass is 615 g/mol. The molecule has 1 fully saturated rings. The second-order valence-corrected chi connectivity index (χ2v) is 14.1. The summed E-state index contributed by atoms with van der Waals surface area (Å²) in [5.74, 6) is 0. The van der Waals surface area contributed by atoms with Crippen LogP contribution in [0.5, 0.6) is 0 Å². The quantitative estimate of drug-likeness (QED) is 0.244. The summed E-state index contributed by atoms with van der Waals surface area (Å²) < 4.78 is 63.9. The summed E-state index contributed by atoms with van der Waals surface area (Å²) in [6.07, 6.45) is 2.94. The first kappa shape index (κ1) is 31.6. The lowest BCUT2D eigenvalue weighted by molar-refractivity contribution is 0.198. The first-order valence-electron chi connectivity index (χ1n) is 14.1. The smallest absolute Gasteiger partial charge is 0.266 e. The molecule has 0 radical (unpaired) electrons. The van der Waals surface area contributed by atoms with Gasteiger partial charge in [0, 0.05) is 47.4 Å². The summed E-state index contributed by atoms with van der Waals surface area (Å²) in [6, 6.07) is 20.3. The molecule has 0 saturated carbocycles. The second-order valence-electron chi connectivity index (χ2n) is 10.2. The van der Waals surface area contributed by atoms with E-state index in [9.17, 15) is 16.8 Å². The minimum absolute atomic E-state index is 0.113. The summed E-state index contributed by atoms with van der Waals surface area (Å²) in [4.78, 5) is 2.09. The fraction of sp³-hybridized carbons (Fsp3) is 0.400. The van der Waals surface area contributed by atoms with Crippen molar-refractivity contribution in [2.45, 2.75) is 29.1 Å². The fourth-order valence-corrected chi connectivity index (χ4v) is 7.72. The Labute approximate surface area is 250 Å². The number of methoxy groups -OCH3 is 1. The zero-order chi connectivity index (χ0) is 30.2. The van der Waals surface area contributed by atoms with Gasteiger partial charge in [0.15, 0.2) is 0 Å². The Balaban J connectivity index is 1.82. The van der Waals surface area contributed by atoms with Gasteiger partial charge in [-0.3, -0.25) is 8.61 Å². The van der Waals surface area contributed by atoms with Gasteiger partial charge in [-0.1, -0.05) is 36.4 Å². The van der Waals surface area contributed by atoms with Crippen LogP contribution in [0.25, 0.3) is 0 Å². The molecule has 1 aliphatic rings. The lowest BCUT2D eigenvalue weighted by Crippen LogP contribution is -2.31. The van der Waals surface area contributed by atoms with E-state index in [0.29, 0.717) is 48.9 Å². The van der Waals surface area contributed by atoms with E-state index in [1.807, 2.05) is 6.07 Å². The summed E-state index contributed by atoms with van der Waals surface area (Å²) in [5, 5.41) is 6.54. The number of hydrogen-bond acceptors (Lipinski definition) is 8. The lowest BCUT2D eigenvalue weighted by Gasteiger charge is -2.26. The summed E-state index contributed by atoms with van der Waals surface area (Å²) in [6.45, 7) is 4.22. The average Bonchev–Trinajstić information content (AvgIpc) is 3.53. The number of likely N-dealkylation sites (tertiary alicyclic amines) is 1. The molecular formula is C30H41N5O5S2. The molecule has 1 heterocycles. The molecule has 0 atom stereocenters. The molecule has 4 rings (SSSR count). The SMILES string of the molecule is COCCCNc1cc(NCCN2CCCC2)c(S(=O)(=O)N(C)c2ccccc2)cc1S(=O)(=O)N(C)c1ccccc1. The topological polar surface area (TPSA) is 111 Å². The average molecular weight is 616 g/mol. The van der Waals surface area contributed by atoms with Crippen molar-refractivity contribution < 1.29 is 21.6 Å². The van der Waals surface area contributed by atoms with Crippen molar-refractivity contribution in [1.82, 2.24) is 4.90 Å². The van der Waals surface area contributed by atoms with Crippen LogP contribution in [0.2, 0.25) is 0 Å². The van der Waals surface area contributed by atoms with Gasteiger partial charge in [-0.25, -0.2) is 16.8 Å². The minimum Gasteiger partial charge on any atom is -0.385 e. The molecule has 10 nitrogen and oxygen atoms in total. The van der Waals surface area contributed by atoms with Crippen LogP contribution in [0.15, 0.2) is 82.6 Å². The molecule has 3 aromatic carbocycles. The van der Waals surface area contributed by atoms with E-state index in [1.165, 1.54) is 28.8 Å². The molecule has 1 saturated heterocycles. The number of nitrogens with one attached hydrogen (secondary N) is 2. The van der Waals surface area contributed by atoms with Gasteiger partial charge in [-0.2, -0.15) is 0 Å². The van der Waals surface area contributed by atoms with Crippen molar-refractivity contribution in [3.8, 4) is 0 Å². The Morgan fingerprint density at radius 2 is 1.21 bits per heavy atom. The van der Waals surface area contributed by atoms with E-state index < -0.39 is 20.0 Å². The van der Waals surface area contributed by atoms with Crippen molar-refractivity contribution in [3.63, 3.8) is 0 Å². The number of hydrogen-bond donors (Lipinski definition) is 2. The number of para-hydroxylation sites is 2. The molecule has 0 aromatic heterocycles. The Morgan fingerprint density at radius 1 is 0.738 bits per heavy atom. The number of sulfonamides is 2. The predicted molar refractivity (Wildman–Crippen MR) is 170 cm³/mol. The van der Waals surface area contributed by atoms with E-state index in [0.717, 1.165) is 32.5 Å². The standard InChI is InChI=1S/C30H41N5O5S2/c1-33(25-13-6-4-7-14-25)41(36,37)29-24-30(42(38,39)34(2)26-15-8-5-9-16-26)28(23-27(29)31-17-12-22-40-3)32-18-21-35-19-10-11-20-35/h4-9,13-16,23-24,31-32H,10-12,17-22H2,1-3H3. The first-order chi connectivity index (χ1) is 20.2. The van der Waals surface area contributed by atoms with Crippen molar-refractivity contribution in [1.29, 1.82) is 0 Å². The maximum absolute atomic E-state index is 14.1. The van der Waals surface area contributed by atoms with Crippen molar-refractivity contribution in [2.75, 3.05) is 79.8 Å². The molecule has 228 valence electrons. The summed E-state index contributed by atoms with van der Waals surface area (Å²) in [7, 11) is -3.79. The van der Waals surface area contributed by atoms with Crippen LogP contribution in [0.1, 0.15) is 19.3 Å². The maximum atomic E-state index is 14.1. The van der Waals surface area contributed by atoms with Crippen molar-refractivity contribution >= 4 is 42.8 Å². The zero-order valence-electron chi connectivity index (χ0n) is 24.5. The highest BCUT2D eigenvalue weighted by molar-refractivity contribution is 7.93. The number of benzene rings is 3. The van der Waals surface area contributed by atoms with Gasteiger partial charge in [0.05, 0.1) is 22.7 Å². The highest BCUT2D eigenvalue weighted by Gasteiger charge is 2.32. The summed E-state index contributed by atoms with van der Waals surface area (Å²) >= 11 is 0. The number of anilines is 4. The van der Waals surface area contributed by atoms with Crippen LogP contribution in [-0.2, 0) is 24.8 Å². The van der Waals surface area contributed by atoms with Gasteiger partial charge in [0.25, 0.3) is 20.0 Å². The number of ether oxygens (including phenoxy) is 1. The van der Waals surface area contributed by atoms with Crippen LogP contribution < -0.4 is 19.2 Å². The zero-order valence-corrected chi connectivity index (χ0v) is 26.1. The largest absolute Gasteiger partial charge is 0.385 e. The van der Waals surface area contributed by atoms with Crippen molar-refractivity contribution in [3.05, 3.63) is 72.8 Å². The van der Waals surface area contributed by atoms with Gasteiger partial charge in [-0.05, 0) is 68.8 Å². The Kier molecular flexibility index (Phi) is 10.7. The van der Waals surface area contributed by atoms with Gasteiger partial charge in [0.1, 0.15) is 9.79 Å². The molecule has 0 aliphatic carbocycles. The summed E-state index contributed by atoms with van der Waals surface area (Å²) in [5.41, 5.74) is 1.58. The van der Waals surface area contributed by atoms with E-state index in [1.54, 1.807) is 67.8 Å². The molecule has 0 spiro atoms. The number of rotatable bonds is 15. The Bertz CT molecular complexity index is 1510. The molecule has 2 N–H and O–H groups in total.